The second kappa shape index (κ2) is 11.0. The van der Waals surface area contributed by atoms with Crippen molar-refractivity contribution in [3.8, 4) is 11.5 Å². The Hall–Kier alpha value is -0.780. The number of benzene rings is 2. The first-order valence-electron chi connectivity index (χ1n) is 8.18. The van der Waals surface area contributed by atoms with Gasteiger partial charge in [-0.3, -0.25) is 4.90 Å². The number of hydrogen-bond acceptors (Lipinski definition) is 3. The number of hydrogen-bond donors (Lipinski definition) is 1. The van der Waals surface area contributed by atoms with Gasteiger partial charge < -0.3 is 10.5 Å². The van der Waals surface area contributed by atoms with E-state index in [0.29, 0.717) is 5.92 Å². The largest absolute Gasteiger partial charge is 0.457 e. The lowest BCUT2D eigenvalue weighted by atomic mass is 9.97. The van der Waals surface area contributed by atoms with Crippen molar-refractivity contribution in [2.45, 2.75) is 19.4 Å². The highest BCUT2D eigenvalue weighted by molar-refractivity contribution is 9.10. The number of halogens is 3. The molecule has 6 heteroatoms. The van der Waals surface area contributed by atoms with Gasteiger partial charge in [-0.05, 0) is 62.7 Å². The zero-order valence-electron chi connectivity index (χ0n) is 14.1. The summed E-state index contributed by atoms with van der Waals surface area (Å²) in [7, 11) is 0. The SMILES string of the molecule is Cl.Cl.NCC1CCN(Cc2ccc(Br)cc2Oc2ccccc2)CC1. The van der Waals surface area contributed by atoms with Crippen LogP contribution in [0.5, 0.6) is 11.5 Å². The van der Waals surface area contributed by atoms with Gasteiger partial charge in [0.05, 0.1) is 0 Å². The molecule has 2 N–H and O–H groups in total. The van der Waals surface area contributed by atoms with Crippen molar-refractivity contribution in [1.29, 1.82) is 0 Å². The van der Waals surface area contributed by atoms with E-state index in [0.717, 1.165) is 42.2 Å². The van der Waals surface area contributed by atoms with Crippen LogP contribution in [-0.4, -0.2) is 24.5 Å². The Labute approximate surface area is 170 Å². The lowest BCUT2D eigenvalue weighted by Gasteiger charge is -2.31. The highest BCUT2D eigenvalue weighted by Gasteiger charge is 2.19. The van der Waals surface area contributed by atoms with E-state index in [-0.39, 0.29) is 24.8 Å². The molecule has 3 nitrogen and oxygen atoms in total. The van der Waals surface area contributed by atoms with Gasteiger partial charge in [-0.15, -0.1) is 24.8 Å². The molecule has 1 fully saturated rings. The molecule has 2 aromatic carbocycles. The molecule has 1 saturated heterocycles. The van der Waals surface area contributed by atoms with Crippen LogP contribution in [0.15, 0.2) is 53.0 Å². The molecule has 25 heavy (non-hydrogen) atoms. The van der Waals surface area contributed by atoms with Crippen LogP contribution in [0.2, 0.25) is 0 Å². The van der Waals surface area contributed by atoms with Crippen molar-refractivity contribution in [3.63, 3.8) is 0 Å². The molecule has 0 radical (unpaired) electrons. The second-order valence-corrected chi connectivity index (χ2v) is 7.04. The van der Waals surface area contributed by atoms with E-state index in [2.05, 4.69) is 39.0 Å². The van der Waals surface area contributed by atoms with Crippen LogP contribution in [0.1, 0.15) is 18.4 Å². The average molecular weight is 448 g/mol. The van der Waals surface area contributed by atoms with E-state index in [4.69, 9.17) is 10.5 Å². The normalized spacial score (nSPS) is 15.1. The molecule has 0 unspecified atom stereocenters. The van der Waals surface area contributed by atoms with Crippen LogP contribution >= 0.6 is 40.7 Å². The molecule has 0 spiro atoms. The maximum Gasteiger partial charge on any atom is 0.133 e. The van der Waals surface area contributed by atoms with Crippen LogP contribution in [-0.2, 0) is 6.54 Å². The Morgan fingerprint density at radius 1 is 1.04 bits per heavy atom. The summed E-state index contributed by atoms with van der Waals surface area (Å²) in [4.78, 5) is 2.49. The maximum atomic E-state index is 6.10. The van der Waals surface area contributed by atoms with Crippen LogP contribution in [0, 0.1) is 5.92 Å². The molecule has 0 aromatic heterocycles. The van der Waals surface area contributed by atoms with Crippen molar-refractivity contribution in [2.24, 2.45) is 11.7 Å². The number of piperidine rings is 1. The standard InChI is InChI=1S/C19H23BrN2O.2ClH/c20-17-7-6-16(14-22-10-8-15(13-21)9-11-22)19(12-17)23-18-4-2-1-3-5-18;;/h1-7,12,15H,8-11,13-14,21H2;2*1H. The smallest absolute Gasteiger partial charge is 0.133 e. The van der Waals surface area contributed by atoms with E-state index in [1.807, 2.05) is 30.3 Å². The summed E-state index contributed by atoms with van der Waals surface area (Å²) in [6, 6.07) is 16.2. The first-order chi connectivity index (χ1) is 11.2. The molecule has 3 rings (SSSR count). The van der Waals surface area contributed by atoms with Crippen molar-refractivity contribution in [2.75, 3.05) is 19.6 Å². The zero-order chi connectivity index (χ0) is 16.1. The molecule has 2 aromatic rings. The summed E-state index contributed by atoms with van der Waals surface area (Å²) in [6.45, 7) is 3.96. The highest BCUT2D eigenvalue weighted by atomic mass is 79.9. The molecular formula is C19H25BrCl2N2O. The third-order valence-corrected chi connectivity index (χ3v) is 4.93. The predicted molar refractivity (Wildman–Crippen MR) is 112 cm³/mol. The third kappa shape index (κ3) is 6.46. The first kappa shape index (κ1) is 22.3. The lowest BCUT2D eigenvalue weighted by molar-refractivity contribution is 0.179. The fraction of sp³-hybridized carbons (Fsp3) is 0.368. The third-order valence-electron chi connectivity index (χ3n) is 4.43. The molecule has 138 valence electrons. The Balaban J connectivity index is 0.00000156. The van der Waals surface area contributed by atoms with E-state index in [9.17, 15) is 0 Å². The maximum absolute atomic E-state index is 6.10. The number of rotatable bonds is 5. The molecular weight excluding hydrogens is 423 g/mol. The minimum Gasteiger partial charge on any atom is -0.457 e. The molecule has 0 amide bonds. The molecule has 0 saturated carbocycles. The van der Waals surface area contributed by atoms with Crippen LogP contribution in [0.3, 0.4) is 0 Å². The molecule has 0 atom stereocenters. The summed E-state index contributed by atoms with van der Waals surface area (Å²) in [5, 5.41) is 0. The summed E-state index contributed by atoms with van der Waals surface area (Å²) in [5.41, 5.74) is 7.01. The van der Waals surface area contributed by atoms with Gasteiger partial charge in [0, 0.05) is 16.6 Å². The van der Waals surface area contributed by atoms with E-state index in [1.54, 1.807) is 0 Å². The van der Waals surface area contributed by atoms with Gasteiger partial charge in [-0.25, -0.2) is 0 Å². The quantitative estimate of drug-likeness (QED) is 0.679. The summed E-state index contributed by atoms with van der Waals surface area (Å²) < 4.78 is 7.13. The lowest BCUT2D eigenvalue weighted by Crippen LogP contribution is -2.35. The summed E-state index contributed by atoms with van der Waals surface area (Å²) in [6.07, 6.45) is 2.39. The van der Waals surface area contributed by atoms with E-state index in [1.165, 1.54) is 18.4 Å². The van der Waals surface area contributed by atoms with Gasteiger partial charge in [0.15, 0.2) is 0 Å². The van der Waals surface area contributed by atoms with Gasteiger partial charge in [-0.1, -0.05) is 40.2 Å². The van der Waals surface area contributed by atoms with Crippen LogP contribution in [0.4, 0.5) is 0 Å². The van der Waals surface area contributed by atoms with Crippen molar-refractivity contribution >= 4 is 40.7 Å². The summed E-state index contributed by atoms with van der Waals surface area (Å²) in [5.74, 6) is 2.48. The molecule has 0 aliphatic carbocycles. The number of ether oxygens (including phenoxy) is 1. The van der Waals surface area contributed by atoms with Gasteiger partial charge in [-0.2, -0.15) is 0 Å². The monoisotopic (exact) mass is 446 g/mol. The first-order valence-corrected chi connectivity index (χ1v) is 8.97. The Morgan fingerprint density at radius 2 is 1.72 bits per heavy atom. The molecule has 0 bridgehead atoms. The van der Waals surface area contributed by atoms with E-state index < -0.39 is 0 Å². The number of para-hydroxylation sites is 1. The average Bonchev–Trinajstić information content (AvgIpc) is 2.59. The van der Waals surface area contributed by atoms with Crippen LogP contribution in [0.25, 0.3) is 0 Å². The summed E-state index contributed by atoms with van der Waals surface area (Å²) >= 11 is 3.54. The van der Waals surface area contributed by atoms with Gasteiger partial charge in [0.25, 0.3) is 0 Å². The number of likely N-dealkylation sites (tertiary alicyclic amines) is 1. The topological polar surface area (TPSA) is 38.5 Å². The Kier molecular flexibility index (Phi) is 9.83. The number of nitrogens with two attached hydrogens (primary N) is 1. The molecule has 1 aliphatic rings. The van der Waals surface area contributed by atoms with Crippen molar-refractivity contribution in [3.05, 3.63) is 58.6 Å². The van der Waals surface area contributed by atoms with Gasteiger partial charge >= 0.3 is 0 Å². The fourth-order valence-electron chi connectivity index (χ4n) is 2.99. The van der Waals surface area contributed by atoms with Gasteiger partial charge in [0.2, 0.25) is 0 Å². The van der Waals surface area contributed by atoms with Gasteiger partial charge in [0.1, 0.15) is 11.5 Å². The molecule has 1 aliphatic heterocycles. The van der Waals surface area contributed by atoms with Crippen molar-refractivity contribution < 1.29 is 4.74 Å². The number of nitrogens with zero attached hydrogens (tertiary/aromatic N) is 1. The fourth-order valence-corrected chi connectivity index (χ4v) is 3.33. The second-order valence-electron chi connectivity index (χ2n) is 6.12. The van der Waals surface area contributed by atoms with Crippen LogP contribution < -0.4 is 10.5 Å². The van der Waals surface area contributed by atoms with E-state index >= 15 is 0 Å². The Bertz CT molecular complexity index is 635. The zero-order valence-corrected chi connectivity index (χ0v) is 17.3. The minimum absolute atomic E-state index is 0. The Morgan fingerprint density at radius 3 is 2.36 bits per heavy atom. The molecule has 1 heterocycles. The van der Waals surface area contributed by atoms with Crippen molar-refractivity contribution in [1.82, 2.24) is 4.90 Å². The predicted octanol–water partition coefficient (Wildman–Crippen LogP) is 5.26. The highest BCUT2D eigenvalue weighted by Crippen LogP contribution is 2.30. The minimum atomic E-state index is 0.